The lowest BCUT2D eigenvalue weighted by Crippen LogP contribution is -2.37. The Kier molecular flexibility index (Phi) is 8.05. The number of rotatable bonds is 8. The van der Waals surface area contributed by atoms with Gasteiger partial charge in [-0.2, -0.15) is 0 Å². The molecule has 0 bridgehead atoms. The first-order valence-electron chi connectivity index (χ1n) is 9.10. The van der Waals surface area contributed by atoms with Crippen molar-refractivity contribution in [3.63, 3.8) is 0 Å². The van der Waals surface area contributed by atoms with Crippen molar-refractivity contribution in [1.82, 2.24) is 4.90 Å². The van der Waals surface area contributed by atoms with Crippen LogP contribution < -0.4 is 5.32 Å². The van der Waals surface area contributed by atoms with Crippen molar-refractivity contribution in [2.75, 3.05) is 25.0 Å². The van der Waals surface area contributed by atoms with Gasteiger partial charge in [-0.15, -0.1) is 0 Å². The third-order valence-electron chi connectivity index (χ3n) is 4.37. The second kappa shape index (κ2) is 10.3. The molecule has 134 valence electrons. The number of carbonyl (C=O) groups is 1. The van der Waals surface area contributed by atoms with E-state index >= 15 is 0 Å². The molecule has 2 amide bonds. The van der Waals surface area contributed by atoms with Crippen LogP contribution in [0.5, 0.6) is 0 Å². The van der Waals surface area contributed by atoms with Crippen LogP contribution in [0.4, 0.5) is 10.5 Å². The van der Waals surface area contributed by atoms with Crippen LogP contribution in [0.15, 0.2) is 24.3 Å². The number of nitrogens with one attached hydrogen (secondary N) is 1. The highest BCUT2D eigenvalue weighted by atomic mass is 16.5. The third-order valence-corrected chi connectivity index (χ3v) is 4.37. The number of hydrogen-bond donors (Lipinski definition) is 2. The molecule has 2 N–H and O–H groups in total. The van der Waals surface area contributed by atoms with Crippen LogP contribution in [0.2, 0.25) is 0 Å². The van der Waals surface area contributed by atoms with Gasteiger partial charge >= 0.3 is 6.03 Å². The summed E-state index contributed by atoms with van der Waals surface area (Å²) in [6.07, 6.45) is 7.40. The van der Waals surface area contributed by atoms with Gasteiger partial charge in [0.25, 0.3) is 0 Å². The van der Waals surface area contributed by atoms with Crippen molar-refractivity contribution in [2.45, 2.75) is 58.2 Å². The van der Waals surface area contributed by atoms with Crippen molar-refractivity contribution in [3.8, 4) is 0 Å². The number of ether oxygens (including phenoxy) is 1. The smallest absolute Gasteiger partial charge is 0.321 e. The molecule has 0 atom stereocenters. The summed E-state index contributed by atoms with van der Waals surface area (Å²) < 4.78 is 6.00. The minimum atomic E-state index is -0.170. The van der Waals surface area contributed by atoms with Gasteiger partial charge in [0.15, 0.2) is 0 Å². The predicted octanol–water partition coefficient (Wildman–Crippen LogP) is 3.77. The van der Waals surface area contributed by atoms with Crippen molar-refractivity contribution in [2.24, 2.45) is 0 Å². The third kappa shape index (κ3) is 6.13. The fourth-order valence-electron chi connectivity index (χ4n) is 3.09. The molecule has 0 radical (unpaired) electrons. The number of amides is 2. The molecule has 0 spiro atoms. The molecule has 1 aromatic carbocycles. The molecule has 24 heavy (non-hydrogen) atoms. The average molecular weight is 334 g/mol. The van der Waals surface area contributed by atoms with E-state index in [1.807, 2.05) is 31.2 Å². The number of aliphatic hydroxyl groups is 1. The normalized spacial score (nSPS) is 15.2. The van der Waals surface area contributed by atoms with Crippen LogP contribution in [0.3, 0.4) is 0 Å². The van der Waals surface area contributed by atoms with Gasteiger partial charge in [0.2, 0.25) is 0 Å². The van der Waals surface area contributed by atoms with E-state index in [1.54, 1.807) is 4.90 Å². The highest BCUT2D eigenvalue weighted by Gasteiger charge is 2.14. The lowest BCUT2D eigenvalue weighted by molar-refractivity contribution is 0.0169. The zero-order chi connectivity index (χ0) is 17.2. The van der Waals surface area contributed by atoms with Crippen molar-refractivity contribution in [1.29, 1.82) is 0 Å². The lowest BCUT2D eigenvalue weighted by atomic mass is 9.98. The van der Waals surface area contributed by atoms with E-state index in [4.69, 9.17) is 9.84 Å². The van der Waals surface area contributed by atoms with Gasteiger partial charge in [0, 0.05) is 18.8 Å². The molecule has 1 aliphatic carbocycles. The Bertz CT molecular complexity index is 495. The van der Waals surface area contributed by atoms with E-state index < -0.39 is 0 Å². The standard InChI is InChI=1S/C19H30N2O3/c1-2-11-21(12-13-22)19(23)20-17-8-6-7-16(14-17)15-24-18-9-4-3-5-10-18/h6-8,14,18,22H,2-5,9-13,15H2,1H3,(H,20,23). The highest BCUT2D eigenvalue weighted by molar-refractivity contribution is 5.89. The monoisotopic (exact) mass is 334 g/mol. The number of carbonyl (C=O) groups excluding carboxylic acids is 1. The number of urea groups is 1. The maximum absolute atomic E-state index is 12.3. The van der Waals surface area contributed by atoms with Gasteiger partial charge in [-0.05, 0) is 37.0 Å². The van der Waals surface area contributed by atoms with Crippen molar-refractivity contribution >= 4 is 11.7 Å². The maximum Gasteiger partial charge on any atom is 0.321 e. The van der Waals surface area contributed by atoms with Gasteiger partial charge in [-0.1, -0.05) is 38.3 Å². The molecule has 0 heterocycles. The Labute approximate surface area is 145 Å². The van der Waals surface area contributed by atoms with Crippen LogP contribution >= 0.6 is 0 Å². The Morgan fingerprint density at radius 1 is 1.29 bits per heavy atom. The summed E-state index contributed by atoms with van der Waals surface area (Å²) in [5, 5.41) is 12.0. The van der Waals surface area contributed by atoms with Crippen LogP contribution in [-0.2, 0) is 11.3 Å². The van der Waals surface area contributed by atoms with Crippen LogP contribution in [-0.4, -0.2) is 41.8 Å². The molecule has 5 heteroatoms. The van der Waals surface area contributed by atoms with Crippen LogP contribution in [0, 0.1) is 0 Å². The average Bonchev–Trinajstić information content (AvgIpc) is 2.61. The maximum atomic E-state index is 12.3. The van der Waals surface area contributed by atoms with Crippen molar-refractivity contribution in [3.05, 3.63) is 29.8 Å². The SMILES string of the molecule is CCCN(CCO)C(=O)Nc1cccc(COC2CCCCC2)c1. The number of hydrogen-bond acceptors (Lipinski definition) is 3. The molecule has 1 aliphatic rings. The Hall–Kier alpha value is -1.59. The topological polar surface area (TPSA) is 61.8 Å². The summed E-state index contributed by atoms with van der Waals surface area (Å²) in [7, 11) is 0. The molecule has 1 saturated carbocycles. The quantitative estimate of drug-likeness (QED) is 0.761. The van der Waals surface area contributed by atoms with Crippen molar-refractivity contribution < 1.29 is 14.6 Å². The Morgan fingerprint density at radius 2 is 2.08 bits per heavy atom. The van der Waals surface area contributed by atoms with E-state index in [2.05, 4.69) is 5.32 Å². The van der Waals surface area contributed by atoms with Gasteiger partial charge in [0.1, 0.15) is 0 Å². The molecule has 2 rings (SSSR count). The zero-order valence-corrected chi connectivity index (χ0v) is 14.7. The fourth-order valence-corrected chi connectivity index (χ4v) is 3.09. The largest absolute Gasteiger partial charge is 0.395 e. The molecule has 0 aromatic heterocycles. The molecular formula is C19H30N2O3. The van der Waals surface area contributed by atoms with E-state index in [0.717, 1.165) is 30.5 Å². The minimum Gasteiger partial charge on any atom is -0.395 e. The lowest BCUT2D eigenvalue weighted by Gasteiger charge is -2.23. The first-order valence-corrected chi connectivity index (χ1v) is 9.10. The first-order chi connectivity index (χ1) is 11.7. The Morgan fingerprint density at radius 3 is 2.79 bits per heavy atom. The molecule has 1 fully saturated rings. The van der Waals surface area contributed by atoms with Gasteiger partial charge in [-0.3, -0.25) is 0 Å². The van der Waals surface area contributed by atoms with E-state index in [9.17, 15) is 4.79 Å². The van der Waals surface area contributed by atoms with E-state index in [1.165, 1.54) is 19.3 Å². The summed E-state index contributed by atoms with van der Waals surface area (Å²) in [6.45, 7) is 3.56. The predicted molar refractivity (Wildman–Crippen MR) is 96.1 cm³/mol. The zero-order valence-electron chi connectivity index (χ0n) is 14.7. The molecule has 5 nitrogen and oxygen atoms in total. The van der Waals surface area contributed by atoms with Gasteiger partial charge < -0.3 is 20.1 Å². The molecule has 0 aliphatic heterocycles. The van der Waals surface area contributed by atoms with E-state index in [-0.39, 0.29) is 12.6 Å². The number of aliphatic hydroxyl groups excluding tert-OH is 1. The summed E-state index contributed by atoms with van der Waals surface area (Å²) in [5.41, 5.74) is 1.84. The highest BCUT2D eigenvalue weighted by Crippen LogP contribution is 2.22. The molecular weight excluding hydrogens is 304 g/mol. The molecule has 0 unspecified atom stereocenters. The first kappa shape index (κ1) is 18.7. The van der Waals surface area contributed by atoms with Gasteiger partial charge in [-0.25, -0.2) is 4.79 Å². The number of nitrogens with zero attached hydrogens (tertiary/aromatic N) is 1. The summed E-state index contributed by atoms with van der Waals surface area (Å²) in [4.78, 5) is 13.9. The summed E-state index contributed by atoms with van der Waals surface area (Å²) >= 11 is 0. The summed E-state index contributed by atoms with van der Waals surface area (Å²) in [6, 6.07) is 7.63. The minimum absolute atomic E-state index is 0.0251. The van der Waals surface area contributed by atoms with Crippen LogP contribution in [0.1, 0.15) is 51.0 Å². The molecule has 1 aromatic rings. The van der Waals surface area contributed by atoms with E-state index in [0.29, 0.717) is 25.8 Å². The van der Waals surface area contributed by atoms with Gasteiger partial charge in [0.05, 0.1) is 19.3 Å². The number of anilines is 1. The second-order valence-corrected chi connectivity index (χ2v) is 6.41. The number of benzene rings is 1. The Balaban J connectivity index is 1.87. The summed E-state index contributed by atoms with van der Waals surface area (Å²) in [5.74, 6) is 0. The fraction of sp³-hybridized carbons (Fsp3) is 0.632. The second-order valence-electron chi connectivity index (χ2n) is 6.41. The molecule has 0 saturated heterocycles. The van der Waals surface area contributed by atoms with Crippen LogP contribution in [0.25, 0.3) is 0 Å².